The van der Waals surface area contributed by atoms with Gasteiger partial charge in [0.1, 0.15) is 0 Å². The predicted octanol–water partition coefficient (Wildman–Crippen LogP) is 6.66. The summed E-state index contributed by atoms with van der Waals surface area (Å²) in [6.07, 6.45) is 2.05. The van der Waals surface area contributed by atoms with Crippen LogP contribution in [-0.2, 0) is 4.43 Å². The lowest BCUT2D eigenvalue weighted by molar-refractivity contribution is 0.0714. The van der Waals surface area contributed by atoms with E-state index in [2.05, 4.69) is 90.3 Å². The molecule has 1 heterocycles. The van der Waals surface area contributed by atoms with Gasteiger partial charge >= 0.3 is 5.97 Å². The normalized spacial score (nSPS) is 13.9. The minimum atomic E-state index is -2.16. The van der Waals surface area contributed by atoms with Crippen molar-refractivity contribution in [2.45, 2.75) is 77.8 Å². The van der Waals surface area contributed by atoms with Crippen LogP contribution in [0.25, 0.3) is 10.9 Å². The number of hydrogen-bond donors (Lipinski definition) is 0. The first-order valence-corrected chi connectivity index (χ1v) is 15.3. The smallest absolute Gasteiger partial charge is 0.326 e. The van der Waals surface area contributed by atoms with Crippen molar-refractivity contribution in [1.29, 1.82) is 0 Å². The Kier molecular flexibility index (Phi) is 5.14. The zero-order valence-electron chi connectivity index (χ0n) is 18.2. The maximum atomic E-state index is 13.1. The van der Waals surface area contributed by atoms with E-state index in [0.29, 0.717) is 5.56 Å². The van der Waals surface area contributed by atoms with E-state index >= 15 is 0 Å². The SMILES string of the molecule is CC(C)(C)[Si](C)(C)OC(=O)c1cn([Si](C)(C)C(C)(C)C)c2ccccc12. The van der Waals surface area contributed by atoms with Crippen molar-refractivity contribution in [2.24, 2.45) is 0 Å². The molecule has 0 fully saturated rings. The van der Waals surface area contributed by atoms with Gasteiger partial charge in [-0.2, -0.15) is 0 Å². The highest BCUT2D eigenvalue weighted by molar-refractivity contribution is 6.79. The monoisotopic (exact) mass is 389 g/mol. The summed E-state index contributed by atoms with van der Waals surface area (Å²) in [4.78, 5) is 13.1. The number of rotatable bonds is 3. The number of benzene rings is 1. The first kappa shape index (κ1) is 21.0. The molecule has 3 nitrogen and oxygen atoms in total. The number of nitrogens with zero attached hydrogens (tertiary/aromatic N) is 1. The van der Waals surface area contributed by atoms with Gasteiger partial charge in [-0.25, -0.2) is 4.79 Å². The summed E-state index contributed by atoms with van der Waals surface area (Å²) in [6, 6.07) is 8.22. The molecule has 2 aromatic rings. The molecular weight excluding hydrogens is 354 g/mol. The third kappa shape index (κ3) is 3.56. The van der Waals surface area contributed by atoms with Crippen LogP contribution >= 0.6 is 0 Å². The zero-order chi connectivity index (χ0) is 20.1. The number of carbonyl (C=O) groups excluding carboxylic acids is 1. The van der Waals surface area contributed by atoms with E-state index in [0.717, 1.165) is 10.9 Å². The van der Waals surface area contributed by atoms with Gasteiger partial charge in [0.15, 0.2) is 8.24 Å². The molecule has 144 valence electrons. The molecule has 0 aliphatic rings. The van der Waals surface area contributed by atoms with Crippen LogP contribution in [0.1, 0.15) is 51.9 Å². The second kappa shape index (κ2) is 6.38. The van der Waals surface area contributed by atoms with Gasteiger partial charge in [0.05, 0.1) is 5.56 Å². The zero-order valence-corrected chi connectivity index (χ0v) is 20.2. The van der Waals surface area contributed by atoms with Crippen molar-refractivity contribution in [3.8, 4) is 0 Å². The average molecular weight is 390 g/mol. The third-order valence-corrected chi connectivity index (χ3v) is 16.1. The minimum absolute atomic E-state index is 0.000456. The quantitative estimate of drug-likeness (QED) is 0.550. The van der Waals surface area contributed by atoms with E-state index in [1.165, 1.54) is 0 Å². The maximum absolute atomic E-state index is 13.1. The molecule has 0 spiro atoms. The Bertz CT molecular complexity index is 821. The Hall–Kier alpha value is -1.34. The minimum Gasteiger partial charge on any atom is -0.516 e. The number of carbonyl (C=O) groups is 1. The summed E-state index contributed by atoms with van der Waals surface area (Å²) in [5.41, 5.74) is 1.84. The summed E-state index contributed by atoms with van der Waals surface area (Å²) in [5, 5.41) is 1.18. The molecular formula is C21H35NO2Si2. The molecule has 0 amide bonds. The number of fused-ring (bicyclic) bond motifs is 1. The molecule has 0 radical (unpaired) electrons. The Morgan fingerprint density at radius 2 is 1.46 bits per heavy atom. The number of aromatic nitrogens is 1. The van der Waals surface area contributed by atoms with E-state index in [4.69, 9.17) is 4.43 Å². The summed E-state index contributed by atoms with van der Waals surface area (Å²) >= 11 is 0. The summed E-state index contributed by atoms with van der Waals surface area (Å²) in [5.74, 6) is -0.176. The number of hydrogen-bond acceptors (Lipinski definition) is 2. The molecule has 0 N–H and O–H groups in total. The summed E-state index contributed by atoms with van der Waals surface area (Å²) in [7, 11) is -4.00. The van der Waals surface area contributed by atoms with Gasteiger partial charge in [0, 0.05) is 17.1 Å². The fourth-order valence-electron chi connectivity index (χ4n) is 2.61. The molecule has 0 bridgehead atoms. The van der Waals surface area contributed by atoms with Crippen molar-refractivity contribution in [3.05, 3.63) is 36.0 Å². The largest absolute Gasteiger partial charge is 0.516 e. The van der Waals surface area contributed by atoms with Gasteiger partial charge < -0.3 is 8.66 Å². The van der Waals surface area contributed by atoms with E-state index in [9.17, 15) is 4.79 Å². The van der Waals surface area contributed by atoms with Crippen molar-refractivity contribution >= 4 is 33.4 Å². The van der Waals surface area contributed by atoms with Crippen LogP contribution < -0.4 is 0 Å². The summed E-state index contributed by atoms with van der Waals surface area (Å²) < 4.78 is 8.49. The van der Waals surface area contributed by atoms with Gasteiger partial charge in [-0.3, -0.25) is 0 Å². The lowest BCUT2D eigenvalue weighted by atomic mass is 10.2. The van der Waals surface area contributed by atoms with E-state index < -0.39 is 16.6 Å². The molecule has 26 heavy (non-hydrogen) atoms. The van der Waals surface area contributed by atoms with Crippen molar-refractivity contribution in [1.82, 2.24) is 4.23 Å². The second-order valence-electron chi connectivity index (χ2n) is 10.4. The Balaban J connectivity index is 2.59. The lowest BCUT2D eigenvalue weighted by Gasteiger charge is -2.38. The summed E-state index contributed by atoms with van der Waals surface area (Å²) in [6.45, 7) is 22.3. The molecule has 2 rings (SSSR count). The van der Waals surface area contributed by atoms with Gasteiger partial charge in [0.25, 0.3) is 8.32 Å². The molecule has 0 aliphatic heterocycles. The van der Waals surface area contributed by atoms with E-state index in [1.807, 2.05) is 12.1 Å². The molecule has 0 saturated carbocycles. The van der Waals surface area contributed by atoms with Gasteiger partial charge in [0.2, 0.25) is 0 Å². The van der Waals surface area contributed by atoms with E-state index in [1.54, 1.807) is 0 Å². The third-order valence-electron chi connectivity index (χ3n) is 6.52. The fraction of sp³-hybridized carbons (Fsp3) is 0.571. The van der Waals surface area contributed by atoms with Crippen molar-refractivity contribution in [2.75, 3.05) is 0 Å². The Morgan fingerprint density at radius 1 is 0.923 bits per heavy atom. The van der Waals surface area contributed by atoms with Gasteiger partial charge in [-0.05, 0) is 29.2 Å². The van der Waals surface area contributed by atoms with Crippen molar-refractivity contribution < 1.29 is 9.22 Å². The molecule has 1 aromatic carbocycles. The van der Waals surface area contributed by atoms with Crippen LogP contribution in [0.15, 0.2) is 30.5 Å². The first-order valence-electron chi connectivity index (χ1n) is 9.43. The van der Waals surface area contributed by atoms with Crippen LogP contribution in [0.5, 0.6) is 0 Å². The van der Waals surface area contributed by atoms with Gasteiger partial charge in [-0.15, -0.1) is 0 Å². The maximum Gasteiger partial charge on any atom is 0.326 e. The highest BCUT2D eigenvalue weighted by Gasteiger charge is 2.42. The molecule has 1 aromatic heterocycles. The van der Waals surface area contributed by atoms with Crippen LogP contribution in [-0.4, -0.2) is 26.8 Å². The second-order valence-corrected chi connectivity index (χ2v) is 20.2. The molecule has 0 unspecified atom stereocenters. The first-order chi connectivity index (χ1) is 11.6. The van der Waals surface area contributed by atoms with E-state index in [-0.39, 0.29) is 16.0 Å². The predicted molar refractivity (Wildman–Crippen MR) is 117 cm³/mol. The Morgan fingerprint density at radius 3 is 1.96 bits per heavy atom. The highest BCUT2D eigenvalue weighted by atomic mass is 28.4. The van der Waals surface area contributed by atoms with Crippen LogP contribution in [0.4, 0.5) is 0 Å². The van der Waals surface area contributed by atoms with Crippen LogP contribution in [0.3, 0.4) is 0 Å². The van der Waals surface area contributed by atoms with Crippen LogP contribution in [0, 0.1) is 0 Å². The molecule has 0 atom stereocenters. The highest BCUT2D eigenvalue weighted by Crippen LogP contribution is 2.41. The van der Waals surface area contributed by atoms with Gasteiger partial charge in [-0.1, -0.05) is 72.8 Å². The molecule has 0 aliphatic carbocycles. The Labute approximate surface area is 161 Å². The van der Waals surface area contributed by atoms with Crippen LogP contribution in [0.2, 0.25) is 36.3 Å². The topological polar surface area (TPSA) is 31.2 Å². The molecule has 0 saturated heterocycles. The molecule has 5 heteroatoms. The number of para-hydroxylation sites is 1. The standard InChI is InChI=1S/C21H35NO2Si2/c1-20(2,3)25(7,8)22-15-17(16-13-11-12-14-18(16)22)19(23)24-26(9,10)21(4,5)6/h11-15H,1-10H3. The lowest BCUT2D eigenvalue weighted by Crippen LogP contribution is -2.45. The fourth-order valence-corrected chi connectivity index (χ4v) is 5.46. The van der Waals surface area contributed by atoms with Crippen molar-refractivity contribution in [3.63, 3.8) is 0 Å². The average Bonchev–Trinajstić information content (AvgIpc) is 2.84.